The van der Waals surface area contributed by atoms with Gasteiger partial charge in [0.25, 0.3) is 5.91 Å². The smallest absolute Gasteiger partial charge is 0.335 e. The van der Waals surface area contributed by atoms with E-state index >= 15 is 0 Å². The van der Waals surface area contributed by atoms with E-state index in [0.29, 0.717) is 23.5 Å². The first kappa shape index (κ1) is 17.2. The van der Waals surface area contributed by atoms with Gasteiger partial charge in [-0.2, -0.15) is 0 Å². The van der Waals surface area contributed by atoms with Gasteiger partial charge in [-0.15, -0.1) is 0 Å². The fourth-order valence-electron chi connectivity index (χ4n) is 2.58. The number of carbonyl (C=O) groups excluding carboxylic acids is 1. The molecule has 0 radical (unpaired) electrons. The number of benzene rings is 2. The summed E-state index contributed by atoms with van der Waals surface area (Å²) in [7, 11) is 1.75. The molecule has 7 nitrogen and oxygen atoms in total. The summed E-state index contributed by atoms with van der Waals surface area (Å²) in [6.07, 6.45) is 0. The molecule has 0 bridgehead atoms. The normalized spacial score (nSPS) is 14.0. The maximum absolute atomic E-state index is 12.6. The van der Waals surface area contributed by atoms with Crippen LogP contribution in [-0.2, 0) is 4.79 Å². The summed E-state index contributed by atoms with van der Waals surface area (Å²) in [5.41, 5.74) is 8.13. The Morgan fingerprint density at radius 2 is 1.88 bits per heavy atom. The van der Waals surface area contributed by atoms with Crippen molar-refractivity contribution in [3.63, 3.8) is 0 Å². The summed E-state index contributed by atoms with van der Waals surface area (Å²) in [4.78, 5) is 29.9. The zero-order chi connectivity index (χ0) is 18.7. The van der Waals surface area contributed by atoms with Crippen molar-refractivity contribution >= 4 is 23.3 Å². The second-order valence-corrected chi connectivity index (χ2v) is 5.85. The molecule has 0 aromatic heterocycles. The van der Waals surface area contributed by atoms with Crippen molar-refractivity contribution in [3.05, 3.63) is 77.2 Å². The third-order valence-electron chi connectivity index (χ3n) is 3.98. The van der Waals surface area contributed by atoms with Crippen LogP contribution in [0.3, 0.4) is 0 Å². The molecule has 2 aromatic carbocycles. The molecule has 1 aliphatic rings. The van der Waals surface area contributed by atoms with Gasteiger partial charge in [0.15, 0.2) is 5.70 Å². The molecule has 0 aliphatic carbocycles. The largest absolute Gasteiger partial charge is 0.478 e. The van der Waals surface area contributed by atoms with Gasteiger partial charge >= 0.3 is 5.97 Å². The number of carboxylic acids is 1. The fourth-order valence-corrected chi connectivity index (χ4v) is 2.58. The maximum atomic E-state index is 12.6. The highest BCUT2D eigenvalue weighted by molar-refractivity contribution is 6.11. The molecule has 0 atom stereocenters. The van der Waals surface area contributed by atoms with Crippen LogP contribution >= 0.6 is 0 Å². The van der Waals surface area contributed by atoms with Crippen LogP contribution in [0.25, 0.3) is 0 Å². The second kappa shape index (κ2) is 7.10. The van der Waals surface area contributed by atoms with Crippen LogP contribution in [0.2, 0.25) is 0 Å². The van der Waals surface area contributed by atoms with Crippen LogP contribution < -0.4 is 11.1 Å². The van der Waals surface area contributed by atoms with Crippen molar-refractivity contribution < 1.29 is 14.7 Å². The van der Waals surface area contributed by atoms with Gasteiger partial charge in [0, 0.05) is 12.7 Å². The number of likely N-dealkylation sites (N-methyl/N-ethyl adjacent to an activating group) is 1. The quantitative estimate of drug-likeness (QED) is 0.780. The van der Waals surface area contributed by atoms with Gasteiger partial charge < -0.3 is 21.1 Å². The average molecular weight is 350 g/mol. The van der Waals surface area contributed by atoms with Crippen molar-refractivity contribution in [3.8, 4) is 0 Å². The molecule has 0 saturated heterocycles. The Morgan fingerprint density at radius 3 is 2.58 bits per heavy atom. The molecule has 0 saturated carbocycles. The third-order valence-corrected chi connectivity index (χ3v) is 3.98. The number of nitrogens with zero attached hydrogens (tertiary/aromatic N) is 2. The second-order valence-electron chi connectivity index (χ2n) is 5.85. The number of aromatic carboxylic acids is 1. The summed E-state index contributed by atoms with van der Waals surface area (Å²) < 4.78 is 0. The number of carboxylic acid groups (broad SMARTS) is 1. The van der Waals surface area contributed by atoms with Crippen molar-refractivity contribution in [1.82, 2.24) is 4.90 Å². The number of hydrogen-bond donors (Lipinski definition) is 3. The number of amides is 1. The fraction of sp³-hybridized carbons (Fsp3) is 0.105. The number of nitrogens with two attached hydrogens (primary N) is 1. The molecule has 0 fully saturated rings. The van der Waals surface area contributed by atoms with Crippen LogP contribution in [0.1, 0.15) is 15.9 Å². The van der Waals surface area contributed by atoms with E-state index in [1.54, 1.807) is 36.2 Å². The van der Waals surface area contributed by atoms with Crippen LogP contribution in [-0.4, -0.2) is 41.2 Å². The molecule has 1 amide bonds. The monoisotopic (exact) mass is 350 g/mol. The number of carbonyl (C=O) groups is 2. The van der Waals surface area contributed by atoms with E-state index in [1.807, 2.05) is 18.2 Å². The predicted molar refractivity (Wildman–Crippen MR) is 98.9 cm³/mol. The molecule has 1 aliphatic heterocycles. The summed E-state index contributed by atoms with van der Waals surface area (Å²) >= 11 is 0. The molecular formula is C19H18N4O3. The Balaban J connectivity index is 1.94. The van der Waals surface area contributed by atoms with Gasteiger partial charge in [0.1, 0.15) is 5.82 Å². The molecule has 4 N–H and O–H groups in total. The van der Waals surface area contributed by atoms with E-state index in [0.717, 1.165) is 0 Å². The molecule has 3 rings (SSSR count). The number of nitrogens with one attached hydrogen (secondary N) is 1. The van der Waals surface area contributed by atoms with E-state index in [4.69, 9.17) is 10.8 Å². The van der Waals surface area contributed by atoms with Gasteiger partial charge in [0.2, 0.25) is 0 Å². The van der Waals surface area contributed by atoms with Crippen molar-refractivity contribution in [2.75, 3.05) is 18.9 Å². The Kier molecular flexibility index (Phi) is 4.70. The lowest BCUT2D eigenvalue weighted by molar-refractivity contribution is -0.113. The van der Waals surface area contributed by atoms with Crippen LogP contribution in [0.5, 0.6) is 0 Å². The summed E-state index contributed by atoms with van der Waals surface area (Å²) in [6.45, 7) is 0.372. The Labute approximate surface area is 150 Å². The van der Waals surface area contributed by atoms with E-state index in [1.165, 1.54) is 12.1 Å². The van der Waals surface area contributed by atoms with Gasteiger partial charge in [-0.05, 0) is 29.8 Å². The topological polar surface area (TPSA) is 108 Å². The SMILES string of the molecule is CN1CC(c2cccc(C(=O)O)c2)=NC(C(=O)Nc2ccccc2)=C1N. The molecule has 2 aromatic rings. The molecule has 0 unspecified atom stereocenters. The van der Waals surface area contributed by atoms with Gasteiger partial charge in [-0.25, -0.2) is 9.79 Å². The third kappa shape index (κ3) is 3.56. The predicted octanol–water partition coefficient (Wildman–Crippen LogP) is 1.89. The maximum Gasteiger partial charge on any atom is 0.335 e. The molecule has 26 heavy (non-hydrogen) atoms. The molecule has 7 heteroatoms. The number of hydrogen-bond acceptors (Lipinski definition) is 5. The number of para-hydroxylation sites is 1. The van der Waals surface area contributed by atoms with Crippen molar-refractivity contribution in [2.45, 2.75) is 0 Å². The van der Waals surface area contributed by atoms with Crippen LogP contribution in [0.15, 0.2) is 71.1 Å². The minimum absolute atomic E-state index is 0.0957. The standard InChI is InChI=1S/C19H18N4O3/c1-23-11-15(12-6-5-7-13(10-12)19(25)26)22-16(17(23)20)18(24)21-14-8-3-2-4-9-14/h2-10H,11,20H2,1H3,(H,21,24)(H,25,26). The van der Waals surface area contributed by atoms with Crippen molar-refractivity contribution in [1.29, 1.82) is 0 Å². The molecule has 1 heterocycles. The zero-order valence-electron chi connectivity index (χ0n) is 14.1. The van der Waals surface area contributed by atoms with Gasteiger partial charge in [-0.3, -0.25) is 4.79 Å². The number of anilines is 1. The first-order valence-corrected chi connectivity index (χ1v) is 7.94. The van der Waals surface area contributed by atoms with E-state index < -0.39 is 11.9 Å². The summed E-state index contributed by atoms with van der Waals surface area (Å²) in [5.74, 6) is -1.18. The summed E-state index contributed by atoms with van der Waals surface area (Å²) in [5, 5.41) is 11.9. The van der Waals surface area contributed by atoms with Crippen LogP contribution in [0.4, 0.5) is 5.69 Å². The lowest BCUT2D eigenvalue weighted by atomic mass is 10.0. The highest BCUT2D eigenvalue weighted by Crippen LogP contribution is 2.19. The highest BCUT2D eigenvalue weighted by atomic mass is 16.4. The minimum atomic E-state index is -1.02. The van der Waals surface area contributed by atoms with Crippen LogP contribution in [0, 0.1) is 0 Å². The first-order chi connectivity index (χ1) is 12.5. The molecular weight excluding hydrogens is 332 g/mol. The Bertz CT molecular complexity index is 919. The lowest BCUT2D eigenvalue weighted by Crippen LogP contribution is -2.37. The van der Waals surface area contributed by atoms with E-state index in [-0.39, 0.29) is 17.1 Å². The number of aliphatic imine (C=N–C) groups is 1. The minimum Gasteiger partial charge on any atom is -0.478 e. The lowest BCUT2D eigenvalue weighted by Gasteiger charge is -2.26. The highest BCUT2D eigenvalue weighted by Gasteiger charge is 2.24. The van der Waals surface area contributed by atoms with E-state index in [2.05, 4.69) is 10.3 Å². The molecule has 132 valence electrons. The Hall–Kier alpha value is -3.61. The Morgan fingerprint density at radius 1 is 1.15 bits per heavy atom. The zero-order valence-corrected chi connectivity index (χ0v) is 14.1. The number of rotatable bonds is 4. The van der Waals surface area contributed by atoms with Crippen molar-refractivity contribution in [2.24, 2.45) is 10.7 Å². The molecule has 0 spiro atoms. The van der Waals surface area contributed by atoms with Gasteiger partial charge in [0.05, 0.1) is 17.8 Å². The first-order valence-electron chi connectivity index (χ1n) is 7.94. The summed E-state index contributed by atoms with van der Waals surface area (Å²) in [6, 6.07) is 15.4. The van der Waals surface area contributed by atoms with Gasteiger partial charge in [-0.1, -0.05) is 30.3 Å². The average Bonchev–Trinajstić information content (AvgIpc) is 2.64. The van der Waals surface area contributed by atoms with E-state index in [9.17, 15) is 9.59 Å².